The predicted octanol–water partition coefficient (Wildman–Crippen LogP) is 3.42. The van der Waals surface area contributed by atoms with Crippen LogP contribution < -0.4 is 5.32 Å². The van der Waals surface area contributed by atoms with Crippen molar-refractivity contribution in [1.29, 1.82) is 0 Å². The second-order valence-corrected chi connectivity index (χ2v) is 4.84. The van der Waals surface area contributed by atoms with Gasteiger partial charge in [-0.25, -0.2) is 0 Å². The first-order valence-electron chi connectivity index (χ1n) is 6.54. The Bertz CT molecular complexity index is 885. The quantitative estimate of drug-likeness (QED) is 0.436. The normalized spacial score (nSPS) is 10.6. The van der Waals surface area contributed by atoms with Gasteiger partial charge in [0.15, 0.2) is 5.78 Å². The molecule has 3 aromatic rings. The van der Waals surface area contributed by atoms with Crippen molar-refractivity contribution in [2.24, 2.45) is 0 Å². The number of benzene rings is 2. The van der Waals surface area contributed by atoms with Crippen molar-refractivity contribution in [1.82, 2.24) is 10.2 Å². The van der Waals surface area contributed by atoms with Crippen LogP contribution in [0.15, 0.2) is 42.6 Å². The Hall–Kier alpha value is -3.22. The van der Waals surface area contributed by atoms with Gasteiger partial charge >= 0.3 is 0 Å². The van der Waals surface area contributed by atoms with Crippen LogP contribution in [0.3, 0.4) is 0 Å². The standard InChI is InChI=1S/C15H12N4O3/c1-9(20)13-6-11(4-5-15(13)19(21)22)17-12-3-2-10-8-16-18-14(10)7-12/h2-8,17H,1H3,(H,16,18). The molecule has 3 rings (SSSR count). The molecule has 22 heavy (non-hydrogen) atoms. The van der Waals surface area contributed by atoms with Crippen molar-refractivity contribution in [3.05, 3.63) is 58.3 Å². The maximum absolute atomic E-state index is 11.6. The summed E-state index contributed by atoms with van der Waals surface area (Å²) < 4.78 is 0. The van der Waals surface area contributed by atoms with E-state index < -0.39 is 4.92 Å². The van der Waals surface area contributed by atoms with Gasteiger partial charge in [-0.3, -0.25) is 20.0 Å². The molecule has 0 radical (unpaired) electrons. The van der Waals surface area contributed by atoms with Crippen molar-refractivity contribution in [3.8, 4) is 0 Å². The van der Waals surface area contributed by atoms with E-state index in [-0.39, 0.29) is 17.0 Å². The monoisotopic (exact) mass is 296 g/mol. The first-order chi connectivity index (χ1) is 10.5. The fourth-order valence-electron chi connectivity index (χ4n) is 2.24. The highest BCUT2D eigenvalue weighted by Gasteiger charge is 2.17. The Balaban J connectivity index is 1.96. The molecule has 7 nitrogen and oxygen atoms in total. The van der Waals surface area contributed by atoms with Gasteiger partial charge in [0, 0.05) is 22.8 Å². The average molecular weight is 296 g/mol. The summed E-state index contributed by atoms with van der Waals surface area (Å²) in [5.74, 6) is -0.348. The predicted molar refractivity (Wildman–Crippen MR) is 82.5 cm³/mol. The van der Waals surface area contributed by atoms with Crippen LogP contribution >= 0.6 is 0 Å². The molecule has 0 saturated heterocycles. The summed E-state index contributed by atoms with van der Waals surface area (Å²) in [5.41, 5.74) is 2.16. The molecule has 0 atom stereocenters. The molecule has 110 valence electrons. The van der Waals surface area contributed by atoms with Crippen LogP contribution in [0.4, 0.5) is 17.1 Å². The van der Waals surface area contributed by atoms with Gasteiger partial charge < -0.3 is 5.32 Å². The van der Waals surface area contributed by atoms with E-state index in [1.165, 1.54) is 19.1 Å². The van der Waals surface area contributed by atoms with Gasteiger partial charge in [0.1, 0.15) is 0 Å². The number of nitro benzene ring substituents is 1. The number of hydrogen-bond donors (Lipinski definition) is 2. The number of nitrogens with zero attached hydrogens (tertiary/aromatic N) is 2. The minimum atomic E-state index is -0.558. The Morgan fingerprint density at radius 3 is 2.68 bits per heavy atom. The van der Waals surface area contributed by atoms with Crippen LogP contribution in [0.2, 0.25) is 0 Å². The summed E-state index contributed by atoms with van der Waals surface area (Å²) in [6.07, 6.45) is 1.72. The second-order valence-electron chi connectivity index (χ2n) is 4.84. The highest BCUT2D eigenvalue weighted by molar-refractivity contribution is 5.99. The highest BCUT2D eigenvalue weighted by atomic mass is 16.6. The van der Waals surface area contributed by atoms with E-state index in [1.54, 1.807) is 12.3 Å². The van der Waals surface area contributed by atoms with E-state index in [9.17, 15) is 14.9 Å². The van der Waals surface area contributed by atoms with Crippen molar-refractivity contribution in [2.45, 2.75) is 6.92 Å². The lowest BCUT2D eigenvalue weighted by molar-refractivity contribution is -0.385. The molecular weight excluding hydrogens is 284 g/mol. The van der Waals surface area contributed by atoms with Crippen LogP contribution in [0.25, 0.3) is 10.9 Å². The molecular formula is C15H12N4O3. The Morgan fingerprint density at radius 2 is 1.95 bits per heavy atom. The number of fused-ring (bicyclic) bond motifs is 1. The van der Waals surface area contributed by atoms with Crippen molar-refractivity contribution < 1.29 is 9.72 Å². The molecule has 0 aliphatic carbocycles. The van der Waals surface area contributed by atoms with Gasteiger partial charge in [-0.15, -0.1) is 0 Å². The molecule has 0 aliphatic heterocycles. The minimum absolute atomic E-state index is 0.0811. The Kier molecular flexibility index (Phi) is 3.30. The zero-order chi connectivity index (χ0) is 15.7. The number of aromatic nitrogens is 2. The number of carbonyl (C=O) groups is 1. The smallest absolute Gasteiger partial charge is 0.280 e. The molecule has 0 fully saturated rings. The second kappa shape index (κ2) is 5.28. The third-order valence-corrected chi connectivity index (χ3v) is 3.30. The molecule has 0 spiro atoms. The van der Waals surface area contributed by atoms with E-state index in [4.69, 9.17) is 0 Å². The lowest BCUT2D eigenvalue weighted by Gasteiger charge is -2.08. The summed E-state index contributed by atoms with van der Waals surface area (Å²) in [6, 6.07) is 10.0. The average Bonchev–Trinajstić information content (AvgIpc) is 2.94. The van der Waals surface area contributed by atoms with Crippen LogP contribution in [-0.2, 0) is 0 Å². The Morgan fingerprint density at radius 1 is 1.23 bits per heavy atom. The largest absolute Gasteiger partial charge is 0.355 e. The van der Waals surface area contributed by atoms with E-state index in [0.29, 0.717) is 5.69 Å². The van der Waals surface area contributed by atoms with Crippen LogP contribution in [0, 0.1) is 10.1 Å². The van der Waals surface area contributed by atoms with Gasteiger partial charge in [-0.1, -0.05) is 0 Å². The van der Waals surface area contributed by atoms with Crippen LogP contribution in [-0.4, -0.2) is 20.9 Å². The number of nitro groups is 1. The molecule has 1 heterocycles. The first-order valence-corrected chi connectivity index (χ1v) is 6.54. The maximum Gasteiger partial charge on any atom is 0.280 e. The zero-order valence-electron chi connectivity index (χ0n) is 11.7. The lowest BCUT2D eigenvalue weighted by Crippen LogP contribution is -2.01. The molecule has 7 heteroatoms. The van der Waals surface area contributed by atoms with Gasteiger partial charge in [0.05, 0.1) is 22.2 Å². The number of anilines is 2. The fourth-order valence-corrected chi connectivity index (χ4v) is 2.24. The molecule has 1 aromatic heterocycles. The van der Waals surface area contributed by atoms with Crippen molar-refractivity contribution in [2.75, 3.05) is 5.32 Å². The van der Waals surface area contributed by atoms with E-state index in [2.05, 4.69) is 15.5 Å². The third kappa shape index (κ3) is 2.51. The molecule has 0 aliphatic rings. The maximum atomic E-state index is 11.6. The van der Waals surface area contributed by atoms with E-state index in [1.807, 2.05) is 18.2 Å². The number of aromatic amines is 1. The summed E-state index contributed by atoms with van der Waals surface area (Å²) in [5, 5.41) is 21.9. The van der Waals surface area contributed by atoms with Crippen LogP contribution in [0.5, 0.6) is 0 Å². The van der Waals surface area contributed by atoms with E-state index in [0.717, 1.165) is 16.6 Å². The highest BCUT2D eigenvalue weighted by Crippen LogP contribution is 2.26. The molecule has 0 bridgehead atoms. The van der Waals surface area contributed by atoms with Gasteiger partial charge in [-0.05, 0) is 37.3 Å². The molecule has 0 saturated carbocycles. The number of rotatable bonds is 4. The molecule has 2 N–H and O–H groups in total. The topological polar surface area (TPSA) is 101 Å². The molecule has 0 unspecified atom stereocenters. The lowest BCUT2D eigenvalue weighted by atomic mass is 10.1. The van der Waals surface area contributed by atoms with E-state index >= 15 is 0 Å². The SMILES string of the molecule is CC(=O)c1cc(Nc2ccc3cn[nH]c3c2)ccc1[N+](=O)[O-]. The number of hydrogen-bond acceptors (Lipinski definition) is 5. The van der Waals surface area contributed by atoms with Gasteiger partial charge in [0.25, 0.3) is 5.69 Å². The number of ketones is 1. The summed E-state index contributed by atoms with van der Waals surface area (Å²) in [6.45, 7) is 1.31. The fraction of sp³-hybridized carbons (Fsp3) is 0.0667. The van der Waals surface area contributed by atoms with Crippen molar-refractivity contribution >= 4 is 33.7 Å². The summed E-state index contributed by atoms with van der Waals surface area (Å²) >= 11 is 0. The number of nitrogens with one attached hydrogen (secondary N) is 2. The van der Waals surface area contributed by atoms with Crippen LogP contribution in [0.1, 0.15) is 17.3 Å². The third-order valence-electron chi connectivity index (χ3n) is 3.30. The molecule has 0 amide bonds. The van der Waals surface area contributed by atoms with Gasteiger partial charge in [-0.2, -0.15) is 5.10 Å². The molecule has 2 aromatic carbocycles. The summed E-state index contributed by atoms with van der Waals surface area (Å²) in [4.78, 5) is 21.9. The van der Waals surface area contributed by atoms with Crippen molar-refractivity contribution in [3.63, 3.8) is 0 Å². The first kappa shape index (κ1) is 13.7. The summed E-state index contributed by atoms with van der Waals surface area (Å²) in [7, 11) is 0. The minimum Gasteiger partial charge on any atom is -0.355 e. The zero-order valence-corrected chi connectivity index (χ0v) is 11.7. The van der Waals surface area contributed by atoms with Gasteiger partial charge in [0.2, 0.25) is 0 Å². The number of carbonyl (C=O) groups excluding carboxylic acids is 1. The Labute approximate surface area is 125 Å². The number of H-pyrrole nitrogens is 1. The number of Topliss-reactive ketones (excluding diaryl/α,β-unsaturated/α-hetero) is 1.